The summed E-state index contributed by atoms with van der Waals surface area (Å²) in [4.78, 5) is 8.92. The van der Waals surface area contributed by atoms with E-state index in [1.807, 2.05) is 30.3 Å². The summed E-state index contributed by atoms with van der Waals surface area (Å²) in [5.74, 6) is -1.16. The van der Waals surface area contributed by atoms with Gasteiger partial charge in [-0.2, -0.15) is 0 Å². The molecule has 5 rings (SSSR count). The Morgan fingerprint density at radius 1 is 1.03 bits per heavy atom. The van der Waals surface area contributed by atoms with Crippen LogP contribution in [0.1, 0.15) is 16.7 Å². The van der Waals surface area contributed by atoms with Crippen LogP contribution in [0.25, 0.3) is 11.3 Å². The van der Waals surface area contributed by atoms with Crippen LogP contribution < -0.4 is 10.7 Å². The van der Waals surface area contributed by atoms with Crippen molar-refractivity contribution in [3.63, 3.8) is 0 Å². The zero-order valence-corrected chi connectivity index (χ0v) is 15.4. The summed E-state index contributed by atoms with van der Waals surface area (Å²) >= 11 is 0. The number of hydrogen-bond acceptors (Lipinski definition) is 5. The van der Waals surface area contributed by atoms with Gasteiger partial charge in [-0.05, 0) is 18.2 Å². The molecule has 0 bridgehead atoms. The van der Waals surface area contributed by atoms with Gasteiger partial charge in [-0.1, -0.05) is 24.3 Å². The predicted octanol–water partition coefficient (Wildman–Crippen LogP) is 4.33. The Balaban J connectivity index is 1.46. The van der Waals surface area contributed by atoms with Crippen molar-refractivity contribution in [2.45, 2.75) is 6.54 Å². The molecule has 2 aliphatic heterocycles. The first-order valence-corrected chi connectivity index (χ1v) is 9.21. The molecule has 0 aliphatic carbocycles. The molecule has 0 atom stereocenters. The highest BCUT2D eigenvalue weighted by Crippen LogP contribution is 2.41. The van der Waals surface area contributed by atoms with Gasteiger partial charge >= 0.3 is 0 Å². The second-order valence-corrected chi connectivity index (χ2v) is 6.86. The smallest absolute Gasteiger partial charge is 0.130 e. The number of fused-ring (bicyclic) bond motifs is 4. The molecule has 0 spiro atoms. The first-order valence-electron chi connectivity index (χ1n) is 9.21. The Morgan fingerprint density at radius 3 is 2.83 bits per heavy atom. The standard InChI is InChI=1S/C22H17F2N5/c23-15-6-5-14(19(24)9-15)10-27-29-12-18-16-7-8-25-11-21(16)28-20-4-2-1-3-17(20)22(18)26-13-29/h1-9,11,13,27-28H,10,12H2. The molecular formula is C22H17F2N5. The number of halogens is 2. The molecule has 144 valence electrons. The van der Waals surface area contributed by atoms with Crippen molar-refractivity contribution in [3.05, 3.63) is 89.2 Å². The van der Waals surface area contributed by atoms with Crippen molar-refractivity contribution >= 4 is 29.0 Å². The van der Waals surface area contributed by atoms with Gasteiger partial charge in [-0.3, -0.25) is 9.99 Å². The molecule has 2 N–H and O–H groups in total. The van der Waals surface area contributed by atoms with E-state index in [2.05, 4.69) is 20.7 Å². The van der Waals surface area contributed by atoms with Gasteiger partial charge in [-0.25, -0.2) is 19.2 Å². The van der Waals surface area contributed by atoms with Crippen molar-refractivity contribution in [2.24, 2.45) is 4.99 Å². The van der Waals surface area contributed by atoms with Gasteiger partial charge in [0.05, 0.1) is 24.1 Å². The number of para-hydroxylation sites is 1. The van der Waals surface area contributed by atoms with Crippen molar-refractivity contribution in [2.75, 3.05) is 11.9 Å². The Morgan fingerprint density at radius 2 is 1.93 bits per heavy atom. The topological polar surface area (TPSA) is 52.5 Å². The third kappa shape index (κ3) is 3.25. The fourth-order valence-electron chi connectivity index (χ4n) is 3.59. The second kappa shape index (κ2) is 7.10. The third-order valence-corrected chi connectivity index (χ3v) is 5.03. The van der Waals surface area contributed by atoms with E-state index in [9.17, 15) is 8.78 Å². The molecule has 0 fully saturated rings. The van der Waals surface area contributed by atoms with Crippen molar-refractivity contribution in [3.8, 4) is 0 Å². The van der Waals surface area contributed by atoms with Crippen LogP contribution in [-0.2, 0) is 6.54 Å². The molecule has 2 aliphatic rings. The maximum Gasteiger partial charge on any atom is 0.130 e. The van der Waals surface area contributed by atoms with E-state index in [0.717, 1.165) is 39.8 Å². The van der Waals surface area contributed by atoms with Gasteiger partial charge in [0.2, 0.25) is 0 Å². The zero-order valence-electron chi connectivity index (χ0n) is 15.4. The Hall–Kier alpha value is -3.58. The lowest BCUT2D eigenvalue weighted by Gasteiger charge is -2.27. The molecule has 3 aromatic rings. The lowest BCUT2D eigenvalue weighted by atomic mass is 9.99. The van der Waals surface area contributed by atoms with E-state index in [-0.39, 0.29) is 6.54 Å². The fourth-order valence-corrected chi connectivity index (χ4v) is 3.59. The molecule has 0 radical (unpaired) electrons. The number of anilines is 2. The fraction of sp³-hybridized carbons (Fsp3) is 0.0909. The number of benzene rings is 2. The second-order valence-electron chi connectivity index (χ2n) is 6.86. The van der Waals surface area contributed by atoms with Crippen LogP contribution in [0, 0.1) is 11.6 Å². The largest absolute Gasteiger partial charge is 0.353 e. The number of nitrogens with zero attached hydrogens (tertiary/aromatic N) is 3. The lowest BCUT2D eigenvalue weighted by molar-refractivity contribution is 0.341. The van der Waals surface area contributed by atoms with Crippen LogP contribution in [0.2, 0.25) is 0 Å². The van der Waals surface area contributed by atoms with E-state index in [1.54, 1.807) is 23.7 Å². The summed E-state index contributed by atoms with van der Waals surface area (Å²) in [5.41, 5.74) is 9.38. The van der Waals surface area contributed by atoms with Crippen molar-refractivity contribution < 1.29 is 8.78 Å². The molecule has 7 heteroatoms. The molecule has 0 saturated carbocycles. The van der Waals surface area contributed by atoms with E-state index in [1.165, 1.54) is 12.1 Å². The van der Waals surface area contributed by atoms with Crippen molar-refractivity contribution in [1.29, 1.82) is 0 Å². The maximum atomic E-state index is 13.9. The highest BCUT2D eigenvalue weighted by molar-refractivity contribution is 6.03. The van der Waals surface area contributed by atoms with Crippen molar-refractivity contribution in [1.82, 2.24) is 15.4 Å². The van der Waals surface area contributed by atoms with Crippen LogP contribution in [0.4, 0.5) is 20.2 Å². The molecule has 2 aromatic carbocycles. The summed E-state index contributed by atoms with van der Waals surface area (Å²) < 4.78 is 27.1. The van der Waals surface area contributed by atoms with Crippen LogP contribution in [0.15, 0.2) is 65.9 Å². The average molecular weight is 389 g/mol. The van der Waals surface area contributed by atoms with Gasteiger partial charge in [0.25, 0.3) is 0 Å². The minimum atomic E-state index is -0.588. The third-order valence-electron chi connectivity index (χ3n) is 5.03. The van der Waals surface area contributed by atoms with Gasteiger partial charge in [0.1, 0.15) is 18.0 Å². The maximum absolute atomic E-state index is 13.9. The molecule has 29 heavy (non-hydrogen) atoms. The van der Waals surface area contributed by atoms with Gasteiger partial charge in [0, 0.05) is 46.8 Å². The molecule has 3 heterocycles. The summed E-state index contributed by atoms with van der Waals surface area (Å²) in [6.45, 7) is 0.757. The number of aromatic nitrogens is 1. The van der Waals surface area contributed by atoms with E-state index in [0.29, 0.717) is 12.1 Å². The first-order chi connectivity index (χ1) is 14.2. The minimum Gasteiger partial charge on any atom is -0.353 e. The quantitative estimate of drug-likeness (QED) is 0.700. The molecular weight excluding hydrogens is 372 g/mol. The molecule has 0 saturated heterocycles. The summed E-state index contributed by atoms with van der Waals surface area (Å²) in [5, 5.41) is 5.25. The Labute approximate surface area is 166 Å². The monoisotopic (exact) mass is 389 g/mol. The van der Waals surface area contributed by atoms with E-state index < -0.39 is 11.6 Å². The Bertz CT molecular complexity index is 1160. The number of rotatable bonds is 3. The number of nitrogens with one attached hydrogen (secondary N) is 2. The number of aliphatic imine (C=N–C) groups is 1. The Kier molecular flexibility index (Phi) is 4.29. The first kappa shape index (κ1) is 17.5. The highest BCUT2D eigenvalue weighted by Gasteiger charge is 2.25. The van der Waals surface area contributed by atoms with E-state index >= 15 is 0 Å². The zero-order chi connectivity index (χ0) is 19.8. The van der Waals surface area contributed by atoms with E-state index in [4.69, 9.17) is 0 Å². The molecule has 5 nitrogen and oxygen atoms in total. The lowest BCUT2D eigenvalue weighted by Crippen LogP contribution is -2.39. The average Bonchev–Trinajstić information content (AvgIpc) is 2.87. The number of hydrazine groups is 1. The van der Waals surface area contributed by atoms with Gasteiger partial charge in [0.15, 0.2) is 0 Å². The molecule has 0 unspecified atom stereocenters. The van der Waals surface area contributed by atoms with Gasteiger partial charge < -0.3 is 5.32 Å². The number of hydrogen-bond donors (Lipinski definition) is 2. The SMILES string of the molecule is Fc1ccc(CNN2C=NC3=C(C2)c2ccncc2Nc2ccccc23)c(F)c1. The number of pyridine rings is 1. The van der Waals surface area contributed by atoms with Crippen LogP contribution >= 0.6 is 0 Å². The molecule has 0 amide bonds. The van der Waals surface area contributed by atoms with Crippen LogP contribution in [0.5, 0.6) is 0 Å². The predicted molar refractivity (Wildman–Crippen MR) is 109 cm³/mol. The summed E-state index contributed by atoms with van der Waals surface area (Å²) in [6.07, 6.45) is 5.25. The minimum absolute atomic E-state index is 0.221. The summed E-state index contributed by atoms with van der Waals surface area (Å²) in [7, 11) is 0. The highest BCUT2D eigenvalue weighted by atomic mass is 19.1. The molecule has 1 aromatic heterocycles. The normalized spacial score (nSPS) is 14.6. The van der Waals surface area contributed by atoms with Crippen LogP contribution in [0.3, 0.4) is 0 Å². The van der Waals surface area contributed by atoms with Crippen LogP contribution in [-0.4, -0.2) is 22.9 Å². The van der Waals surface area contributed by atoms with Gasteiger partial charge in [-0.15, -0.1) is 0 Å². The summed E-state index contributed by atoms with van der Waals surface area (Å²) in [6, 6.07) is 13.5.